The molecule has 1 saturated heterocycles. The van der Waals surface area contributed by atoms with Crippen molar-refractivity contribution in [2.45, 2.75) is 39.8 Å². The summed E-state index contributed by atoms with van der Waals surface area (Å²) < 4.78 is 5.41. The summed E-state index contributed by atoms with van der Waals surface area (Å²) in [7, 11) is 0. The number of morpholine rings is 1. The lowest BCUT2D eigenvalue weighted by atomic mass is 10.0. The SMILES string of the molecule is CCc1cccc(CC)c1NC(N)=NCc1ccc(CN2CCOCC2)cc1.I. The molecule has 0 radical (unpaired) electrons. The van der Waals surface area contributed by atoms with E-state index in [9.17, 15) is 0 Å². The van der Waals surface area contributed by atoms with Crippen LogP contribution < -0.4 is 11.1 Å². The smallest absolute Gasteiger partial charge is 0.193 e. The molecule has 2 aromatic carbocycles. The molecule has 1 aliphatic rings. The van der Waals surface area contributed by atoms with Gasteiger partial charge >= 0.3 is 0 Å². The van der Waals surface area contributed by atoms with Crippen LogP contribution in [0.1, 0.15) is 36.1 Å². The highest BCUT2D eigenvalue weighted by molar-refractivity contribution is 14.0. The van der Waals surface area contributed by atoms with Crippen LogP contribution in [-0.4, -0.2) is 37.2 Å². The van der Waals surface area contributed by atoms with E-state index < -0.39 is 0 Å². The summed E-state index contributed by atoms with van der Waals surface area (Å²) in [4.78, 5) is 6.97. The van der Waals surface area contributed by atoms with Gasteiger partial charge in [-0.15, -0.1) is 24.0 Å². The summed E-state index contributed by atoms with van der Waals surface area (Å²) in [5.41, 5.74) is 12.3. The molecule has 0 spiro atoms. The summed E-state index contributed by atoms with van der Waals surface area (Å²) in [5, 5.41) is 3.33. The first-order valence-electron chi connectivity index (χ1n) is 10.2. The van der Waals surface area contributed by atoms with E-state index in [1.165, 1.54) is 16.7 Å². The molecule has 3 rings (SSSR count). The van der Waals surface area contributed by atoms with Crippen LogP contribution in [0.5, 0.6) is 0 Å². The van der Waals surface area contributed by atoms with Crippen molar-refractivity contribution >= 4 is 35.6 Å². The molecule has 158 valence electrons. The second kappa shape index (κ2) is 12.1. The summed E-state index contributed by atoms with van der Waals surface area (Å²) in [5.74, 6) is 0.466. The Morgan fingerprint density at radius 1 is 1.00 bits per heavy atom. The normalized spacial score (nSPS) is 15.0. The Labute approximate surface area is 191 Å². The van der Waals surface area contributed by atoms with Gasteiger partial charge in [-0.1, -0.05) is 56.3 Å². The van der Waals surface area contributed by atoms with Gasteiger partial charge in [-0.3, -0.25) is 4.90 Å². The van der Waals surface area contributed by atoms with E-state index in [1.54, 1.807) is 0 Å². The Balaban J connectivity index is 0.00000300. The highest BCUT2D eigenvalue weighted by Gasteiger charge is 2.10. The van der Waals surface area contributed by atoms with Crippen LogP contribution in [0, 0.1) is 0 Å². The van der Waals surface area contributed by atoms with Gasteiger partial charge in [-0.05, 0) is 35.1 Å². The zero-order chi connectivity index (χ0) is 19.8. The second-order valence-electron chi connectivity index (χ2n) is 7.19. The number of nitrogens with two attached hydrogens (primary N) is 1. The number of hydrogen-bond donors (Lipinski definition) is 2. The van der Waals surface area contributed by atoms with E-state index in [2.05, 4.69) is 71.5 Å². The Morgan fingerprint density at radius 3 is 2.17 bits per heavy atom. The molecule has 0 aliphatic carbocycles. The van der Waals surface area contributed by atoms with Gasteiger partial charge in [0.15, 0.2) is 5.96 Å². The van der Waals surface area contributed by atoms with Gasteiger partial charge in [-0.25, -0.2) is 4.99 Å². The Bertz CT molecular complexity index is 764. The number of benzene rings is 2. The fraction of sp³-hybridized carbons (Fsp3) is 0.435. The van der Waals surface area contributed by atoms with Gasteiger partial charge in [0.2, 0.25) is 0 Å². The Hall–Kier alpha value is -1.64. The topological polar surface area (TPSA) is 62.9 Å². The van der Waals surface area contributed by atoms with Gasteiger partial charge in [0, 0.05) is 25.3 Å². The van der Waals surface area contributed by atoms with Gasteiger partial charge in [0.25, 0.3) is 0 Å². The average Bonchev–Trinajstić information content (AvgIpc) is 2.74. The molecule has 0 aromatic heterocycles. The molecule has 0 atom stereocenters. The van der Waals surface area contributed by atoms with Crippen LogP contribution in [0.3, 0.4) is 0 Å². The predicted octanol–water partition coefficient (Wildman–Crippen LogP) is 4.19. The van der Waals surface area contributed by atoms with Crippen LogP contribution >= 0.6 is 24.0 Å². The van der Waals surface area contributed by atoms with Gasteiger partial charge in [0.05, 0.1) is 19.8 Å². The van der Waals surface area contributed by atoms with E-state index in [1.807, 2.05) is 0 Å². The number of aryl methyl sites for hydroxylation is 2. The number of nitrogens with one attached hydrogen (secondary N) is 1. The minimum Gasteiger partial charge on any atom is -0.379 e. The fourth-order valence-corrected chi connectivity index (χ4v) is 3.51. The molecule has 0 saturated carbocycles. The molecule has 2 aromatic rings. The van der Waals surface area contributed by atoms with E-state index in [4.69, 9.17) is 10.5 Å². The highest BCUT2D eigenvalue weighted by atomic mass is 127. The maximum absolute atomic E-state index is 6.17. The van der Waals surface area contributed by atoms with Crippen molar-refractivity contribution < 1.29 is 4.74 Å². The quantitative estimate of drug-likeness (QED) is 0.335. The number of para-hydroxylation sites is 1. The predicted molar refractivity (Wildman–Crippen MR) is 132 cm³/mol. The number of hydrogen-bond acceptors (Lipinski definition) is 3. The second-order valence-corrected chi connectivity index (χ2v) is 7.19. The van der Waals surface area contributed by atoms with Gasteiger partial charge < -0.3 is 15.8 Å². The molecule has 0 bridgehead atoms. The van der Waals surface area contributed by atoms with Crippen molar-refractivity contribution in [2.24, 2.45) is 10.7 Å². The summed E-state index contributed by atoms with van der Waals surface area (Å²) in [6, 6.07) is 15.0. The van der Waals surface area contributed by atoms with Crippen molar-refractivity contribution in [1.29, 1.82) is 0 Å². The molecule has 29 heavy (non-hydrogen) atoms. The molecule has 5 nitrogen and oxygen atoms in total. The lowest BCUT2D eigenvalue weighted by Gasteiger charge is -2.26. The first-order valence-corrected chi connectivity index (χ1v) is 10.2. The van der Waals surface area contributed by atoms with Crippen molar-refractivity contribution in [2.75, 3.05) is 31.6 Å². The maximum Gasteiger partial charge on any atom is 0.193 e. The van der Waals surface area contributed by atoms with Crippen LogP contribution in [0.2, 0.25) is 0 Å². The third kappa shape index (κ3) is 6.97. The number of ether oxygens (including phenoxy) is 1. The number of aliphatic imine (C=N–C) groups is 1. The minimum absolute atomic E-state index is 0. The number of halogens is 1. The van der Waals surface area contributed by atoms with Crippen molar-refractivity contribution in [3.8, 4) is 0 Å². The van der Waals surface area contributed by atoms with E-state index in [0.29, 0.717) is 12.5 Å². The summed E-state index contributed by atoms with van der Waals surface area (Å²) >= 11 is 0. The van der Waals surface area contributed by atoms with E-state index in [0.717, 1.165) is 56.9 Å². The molecule has 1 aliphatic heterocycles. The molecule has 6 heteroatoms. The van der Waals surface area contributed by atoms with Crippen LogP contribution in [0.4, 0.5) is 5.69 Å². The van der Waals surface area contributed by atoms with Crippen LogP contribution in [0.25, 0.3) is 0 Å². The lowest BCUT2D eigenvalue weighted by molar-refractivity contribution is 0.0342. The first-order chi connectivity index (χ1) is 13.7. The summed E-state index contributed by atoms with van der Waals surface area (Å²) in [6.45, 7) is 9.55. The van der Waals surface area contributed by atoms with Gasteiger partial charge in [0.1, 0.15) is 0 Å². The number of rotatable bonds is 7. The molecule has 1 heterocycles. The number of anilines is 1. The third-order valence-electron chi connectivity index (χ3n) is 5.22. The molecule has 0 unspecified atom stereocenters. The maximum atomic E-state index is 6.17. The minimum atomic E-state index is 0. The molecular weight excluding hydrogens is 475 g/mol. The van der Waals surface area contributed by atoms with E-state index >= 15 is 0 Å². The molecule has 0 amide bonds. The molecule has 3 N–H and O–H groups in total. The molecular formula is C23H33IN4O. The standard InChI is InChI=1S/C23H32N4O.HI/c1-3-20-6-5-7-21(4-2)22(20)26-23(24)25-16-18-8-10-19(11-9-18)17-27-12-14-28-15-13-27;/h5-11H,3-4,12-17H2,1-2H3,(H3,24,25,26);1H. The van der Waals surface area contributed by atoms with Crippen LogP contribution in [0.15, 0.2) is 47.5 Å². The van der Waals surface area contributed by atoms with Crippen molar-refractivity contribution in [3.05, 3.63) is 64.7 Å². The monoisotopic (exact) mass is 508 g/mol. The zero-order valence-electron chi connectivity index (χ0n) is 17.5. The van der Waals surface area contributed by atoms with Crippen LogP contribution in [-0.2, 0) is 30.7 Å². The number of guanidine groups is 1. The molecule has 1 fully saturated rings. The fourth-order valence-electron chi connectivity index (χ4n) is 3.51. The summed E-state index contributed by atoms with van der Waals surface area (Å²) in [6.07, 6.45) is 1.93. The highest BCUT2D eigenvalue weighted by Crippen LogP contribution is 2.22. The van der Waals surface area contributed by atoms with Gasteiger partial charge in [-0.2, -0.15) is 0 Å². The average molecular weight is 508 g/mol. The van der Waals surface area contributed by atoms with Crippen molar-refractivity contribution in [1.82, 2.24) is 4.90 Å². The lowest BCUT2D eigenvalue weighted by Crippen LogP contribution is -2.35. The Morgan fingerprint density at radius 2 is 1.59 bits per heavy atom. The third-order valence-corrected chi connectivity index (χ3v) is 5.22. The Kier molecular flexibility index (Phi) is 9.90. The first kappa shape index (κ1) is 23.6. The van der Waals surface area contributed by atoms with E-state index in [-0.39, 0.29) is 24.0 Å². The van der Waals surface area contributed by atoms with Crippen molar-refractivity contribution in [3.63, 3.8) is 0 Å². The number of nitrogens with zero attached hydrogens (tertiary/aromatic N) is 2. The zero-order valence-corrected chi connectivity index (χ0v) is 19.8. The largest absolute Gasteiger partial charge is 0.379 e.